The number of hydrogen-bond acceptors (Lipinski definition) is 4. The molecule has 0 aliphatic carbocycles. The van der Waals surface area contributed by atoms with Gasteiger partial charge in [-0.3, -0.25) is 4.79 Å². The summed E-state index contributed by atoms with van der Waals surface area (Å²) in [6.45, 7) is 2.37. The van der Waals surface area contributed by atoms with Crippen molar-refractivity contribution in [3.63, 3.8) is 0 Å². The average Bonchev–Trinajstić information content (AvgIpc) is 2.44. The van der Waals surface area contributed by atoms with Crippen molar-refractivity contribution in [1.82, 2.24) is 9.78 Å². The maximum absolute atomic E-state index is 12.1. The first-order valence-corrected chi connectivity index (χ1v) is 7.43. The van der Waals surface area contributed by atoms with Gasteiger partial charge in [-0.2, -0.15) is 5.10 Å². The number of rotatable bonds is 4. The second-order valence-corrected chi connectivity index (χ2v) is 5.53. The summed E-state index contributed by atoms with van der Waals surface area (Å²) in [5.41, 5.74) is -0.175. The number of esters is 1. The zero-order chi connectivity index (χ0) is 15.4. The van der Waals surface area contributed by atoms with Gasteiger partial charge in [0.2, 0.25) is 0 Å². The lowest BCUT2D eigenvalue weighted by molar-refractivity contribution is 0.0724. The second kappa shape index (κ2) is 6.87. The number of ether oxygens (including phenoxy) is 1. The minimum absolute atomic E-state index is 0.0740. The maximum atomic E-state index is 12.1. The lowest BCUT2D eigenvalue weighted by Crippen LogP contribution is -2.25. The van der Waals surface area contributed by atoms with Crippen LogP contribution >= 0.6 is 27.5 Å². The molecule has 0 amide bonds. The second-order valence-electron chi connectivity index (χ2n) is 4.24. The SMILES string of the molecule is CCCn1nc(C(=O)Oc2ccc(Cl)cc2Br)ccc1=O. The number of aryl methyl sites for hydroxylation is 1. The highest BCUT2D eigenvalue weighted by atomic mass is 79.9. The number of aromatic nitrogens is 2. The quantitative estimate of drug-likeness (QED) is 0.611. The van der Waals surface area contributed by atoms with E-state index in [1.54, 1.807) is 18.2 Å². The Bertz CT molecular complexity index is 730. The van der Waals surface area contributed by atoms with Crippen LogP contribution in [0.3, 0.4) is 0 Å². The van der Waals surface area contributed by atoms with Gasteiger partial charge < -0.3 is 4.74 Å². The van der Waals surface area contributed by atoms with E-state index >= 15 is 0 Å². The van der Waals surface area contributed by atoms with E-state index in [1.165, 1.54) is 16.8 Å². The molecule has 0 spiro atoms. The van der Waals surface area contributed by atoms with Crippen molar-refractivity contribution in [1.29, 1.82) is 0 Å². The van der Waals surface area contributed by atoms with Gasteiger partial charge in [0.1, 0.15) is 5.75 Å². The Hall–Kier alpha value is -1.66. The first-order valence-electron chi connectivity index (χ1n) is 6.26. The summed E-state index contributed by atoms with van der Waals surface area (Å²) < 4.78 is 7.04. The Morgan fingerprint density at radius 2 is 2.14 bits per heavy atom. The van der Waals surface area contributed by atoms with Crippen LogP contribution in [0.1, 0.15) is 23.8 Å². The molecule has 0 bridgehead atoms. The highest BCUT2D eigenvalue weighted by Gasteiger charge is 2.14. The lowest BCUT2D eigenvalue weighted by atomic mass is 10.3. The highest BCUT2D eigenvalue weighted by Crippen LogP contribution is 2.28. The molecule has 0 atom stereocenters. The zero-order valence-electron chi connectivity index (χ0n) is 11.2. The summed E-state index contributed by atoms with van der Waals surface area (Å²) in [7, 11) is 0. The predicted molar refractivity (Wildman–Crippen MR) is 82.9 cm³/mol. The zero-order valence-corrected chi connectivity index (χ0v) is 13.5. The first kappa shape index (κ1) is 15.7. The Kier molecular flexibility index (Phi) is 5.14. The van der Waals surface area contributed by atoms with Crippen molar-refractivity contribution in [2.45, 2.75) is 19.9 Å². The molecule has 1 heterocycles. The molecule has 110 valence electrons. The van der Waals surface area contributed by atoms with Crippen molar-refractivity contribution in [3.8, 4) is 5.75 Å². The molecule has 0 saturated heterocycles. The fourth-order valence-corrected chi connectivity index (χ4v) is 2.40. The smallest absolute Gasteiger partial charge is 0.364 e. The van der Waals surface area contributed by atoms with Gasteiger partial charge in [-0.15, -0.1) is 0 Å². The number of carbonyl (C=O) groups excluding carboxylic acids is 1. The van der Waals surface area contributed by atoms with Gasteiger partial charge >= 0.3 is 5.97 Å². The minimum Gasteiger partial charge on any atom is -0.421 e. The maximum Gasteiger partial charge on any atom is 0.364 e. The van der Waals surface area contributed by atoms with Crippen molar-refractivity contribution in [3.05, 3.63) is 55.9 Å². The first-order chi connectivity index (χ1) is 10.0. The molecular weight excluding hydrogens is 360 g/mol. The van der Waals surface area contributed by atoms with E-state index in [0.717, 1.165) is 6.42 Å². The summed E-state index contributed by atoms with van der Waals surface area (Å²) >= 11 is 9.08. The van der Waals surface area contributed by atoms with Crippen molar-refractivity contribution in [2.75, 3.05) is 0 Å². The van der Waals surface area contributed by atoms with E-state index in [1.807, 2.05) is 6.92 Å². The van der Waals surface area contributed by atoms with Crippen molar-refractivity contribution >= 4 is 33.5 Å². The largest absolute Gasteiger partial charge is 0.421 e. The highest BCUT2D eigenvalue weighted by molar-refractivity contribution is 9.10. The molecule has 0 fully saturated rings. The van der Waals surface area contributed by atoms with Crippen LogP contribution in [0.15, 0.2) is 39.6 Å². The molecule has 1 aromatic heterocycles. The van der Waals surface area contributed by atoms with Gasteiger partial charge in [0.15, 0.2) is 5.69 Å². The molecule has 1 aromatic carbocycles. The van der Waals surface area contributed by atoms with E-state index in [4.69, 9.17) is 16.3 Å². The van der Waals surface area contributed by atoms with Crippen LogP contribution in [0, 0.1) is 0 Å². The summed E-state index contributed by atoms with van der Waals surface area (Å²) in [5, 5.41) is 4.52. The van der Waals surface area contributed by atoms with Crippen molar-refractivity contribution in [2.24, 2.45) is 0 Å². The number of hydrogen-bond donors (Lipinski definition) is 0. The minimum atomic E-state index is -0.636. The predicted octanol–water partition coefficient (Wildman–Crippen LogP) is 3.29. The fraction of sp³-hybridized carbons (Fsp3) is 0.214. The topological polar surface area (TPSA) is 61.2 Å². The molecule has 21 heavy (non-hydrogen) atoms. The lowest BCUT2D eigenvalue weighted by Gasteiger charge is -2.07. The van der Waals surface area contributed by atoms with Crippen LogP contribution in [-0.4, -0.2) is 15.7 Å². The summed E-state index contributed by atoms with van der Waals surface area (Å²) in [6, 6.07) is 7.46. The number of benzene rings is 1. The molecule has 0 N–H and O–H groups in total. The summed E-state index contributed by atoms with van der Waals surface area (Å²) in [5.74, 6) is -0.303. The third-order valence-corrected chi connectivity index (χ3v) is 3.46. The molecule has 2 aromatic rings. The molecule has 7 heteroatoms. The third-order valence-electron chi connectivity index (χ3n) is 2.61. The molecule has 2 rings (SSSR count). The molecular formula is C14H12BrClN2O3. The Morgan fingerprint density at radius 1 is 1.38 bits per heavy atom. The summed E-state index contributed by atoms with van der Waals surface area (Å²) in [4.78, 5) is 23.6. The van der Waals surface area contributed by atoms with Crippen LogP contribution in [0.2, 0.25) is 5.02 Å². The van der Waals surface area contributed by atoms with Crippen LogP contribution < -0.4 is 10.3 Å². The van der Waals surface area contributed by atoms with Crippen molar-refractivity contribution < 1.29 is 9.53 Å². The van der Waals surface area contributed by atoms with Crippen LogP contribution in [0.4, 0.5) is 0 Å². The number of carbonyl (C=O) groups is 1. The molecule has 0 radical (unpaired) electrons. The van der Waals surface area contributed by atoms with Crippen LogP contribution in [-0.2, 0) is 6.54 Å². The fourth-order valence-electron chi connectivity index (χ4n) is 1.64. The van der Waals surface area contributed by atoms with E-state index in [0.29, 0.717) is 21.8 Å². The monoisotopic (exact) mass is 370 g/mol. The summed E-state index contributed by atoms with van der Waals surface area (Å²) in [6.07, 6.45) is 0.744. The van der Waals surface area contributed by atoms with E-state index in [-0.39, 0.29) is 11.3 Å². The Labute approximate surface area is 134 Å². The van der Waals surface area contributed by atoms with Gasteiger partial charge in [-0.1, -0.05) is 18.5 Å². The standard InChI is InChI=1S/C14H12BrClN2O3/c1-2-7-18-13(19)6-4-11(17-18)14(20)21-12-5-3-9(16)8-10(12)15/h3-6,8H,2,7H2,1H3. The Balaban J connectivity index is 2.24. The average molecular weight is 372 g/mol. The van der Waals surface area contributed by atoms with Gasteiger partial charge in [0.25, 0.3) is 5.56 Å². The third kappa shape index (κ3) is 3.92. The molecule has 0 unspecified atom stereocenters. The molecule has 0 aliphatic heterocycles. The number of nitrogens with zero attached hydrogens (tertiary/aromatic N) is 2. The number of halogens is 2. The van der Waals surface area contributed by atoms with E-state index in [2.05, 4.69) is 21.0 Å². The van der Waals surface area contributed by atoms with E-state index in [9.17, 15) is 9.59 Å². The molecule has 5 nitrogen and oxygen atoms in total. The normalized spacial score (nSPS) is 10.4. The molecule has 0 saturated carbocycles. The van der Waals surface area contributed by atoms with Gasteiger partial charge in [0.05, 0.1) is 4.47 Å². The van der Waals surface area contributed by atoms with Gasteiger partial charge in [0, 0.05) is 17.6 Å². The van der Waals surface area contributed by atoms with E-state index < -0.39 is 5.97 Å². The van der Waals surface area contributed by atoms with Crippen LogP contribution in [0.5, 0.6) is 5.75 Å². The Morgan fingerprint density at radius 3 is 2.81 bits per heavy atom. The van der Waals surface area contributed by atoms with Gasteiger partial charge in [-0.05, 0) is 46.6 Å². The molecule has 0 aliphatic rings. The van der Waals surface area contributed by atoms with Crippen LogP contribution in [0.25, 0.3) is 0 Å². The van der Waals surface area contributed by atoms with Gasteiger partial charge in [-0.25, -0.2) is 9.48 Å².